The number of nitrogens with zero attached hydrogens (tertiary/aromatic N) is 4. The van der Waals surface area contributed by atoms with Gasteiger partial charge in [0.25, 0.3) is 0 Å². The number of rotatable bonds is 7. The lowest BCUT2D eigenvalue weighted by molar-refractivity contribution is -0.202. The van der Waals surface area contributed by atoms with Crippen molar-refractivity contribution in [1.29, 1.82) is 5.26 Å². The van der Waals surface area contributed by atoms with Gasteiger partial charge in [-0.05, 0) is 44.6 Å². The minimum atomic E-state index is -4.68. The van der Waals surface area contributed by atoms with Crippen molar-refractivity contribution < 1.29 is 38.4 Å². The van der Waals surface area contributed by atoms with Crippen LogP contribution in [-0.4, -0.2) is 80.7 Å². The molecule has 3 aliphatic heterocycles. The number of hydrogen-bond acceptors (Lipinski definition) is 9. The van der Waals surface area contributed by atoms with Gasteiger partial charge >= 0.3 is 7.60 Å². The van der Waals surface area contributed by atoms with Crippen LogP contribution in [-0.2, 0) is 23.5 Å². The van der Waals surface area contributed by atoms with Crippen LogP contribution in [0.3, 0.4) is 0 Å². The van der Waals surface area contributed by atoms with Crippen molar-refractivity contribution >= 4 is 35.9 Å². The monoisotopic (exact) mass is 582 g/mol. The number of aliphatic hydroxyl groups excluding tert-OH is 1. The zero-order valence-corrected chi connectivity index (χ0v) is 23.3. The lowest BCUT2D eigenvalue weighted by Crippen LogP contribution is -2.35. The van der Waals surface area contributed by atoms with Crippen molar-refractivity contribution in [3.8, 4) is 6.07 Å². The van der Waals surface area contributed by atoms with Crippen LogP contribution < -0.4 is 4.90 Å². The molecule has 1 saturated carbocycles. The third-order valence-electron chi connectivity index (χ3n) is 8.33. The van der Waals surface area contributed by atoms with Crippen LogP contribution in [0.1, 0.15) is 44.9 Å². The van der Waals surface area contributed by atoms with E-state index < -0.39 is 50.4 Å². The molecule has 14 heteroatoms. The summed E-state index contributed by atoms with van der Waals surface area (Å²) in [4.78, 5) is 25.8. The Balaban J connectivity index is 1.34. The van der Waals surface area contributed by atoms with Gasteiger partial charge in [-0.3, -0.25) is 4.57 Å². The van der Waals surface area contributed by atoms with E-state index in [4.69, 9.17) is 30.5 Å². The molecule has 3 unspecified atom stereocenters. The molecule has 0 spiro atoms. The van der Waals surface area contributed by atoms with E-state index in [1.54, 1.807) is 18.4 Å². The highest BCUT2D eigenvalue weighted by atomic mass is 35.5. The van der Waals surface area contributed by atoms with Crippen LogP contribution in [0.15, 0.2) is 12.3 Å². The average Bonchev–Trinajstić information content (AvgIpc) is 3.64. The van der Waals surface area contributed by atoms with E-state index in [-0.39, 0.29) is 11.8 Å². The van der Waals surface area contributed by atoms with Crippen molar-refractivity contribution in [2.24, 2.45) is 11.8 Å². The first-order valence-corrected chi connectivity index (χ1v) is 15.2. The predicted octanol–water partition coefficient (Wildman–Crippen LogP) is 2.73. The van der Waals surface area contributed by atoms with Gasteiger partial charge in [0.2, 0.25) is 0 Å². The maximum Gasteiger partial charge on any atom is 0.356 e. The fourth-order valence-corrected chi connectivity index (χ4v) is 7.36. The largest absolute Gasteiger partial charge is 0.393 e. The summed E-state index contributed by atoms with van der Waals surface area (Å²) in [5, 5.41) is 20.3. The third kappa shape index (κ3) is 4.78. The summed E-state index contributed by atoms with van der Waals surface area (Å²) in [6, 6.07) is 4.16. The molecule has 6 rings (SSSR count). The molecule has 4 aliphatic rings. The van der Waals surface area contributed by atoms with Gasteiger partial charge < -0.3 is 43.3 Å². The quantitative estimate of drug-likeness (QED) is 0.325. The summed E-state index contributed by atoms with van der Waals surface area (Å²) >= 11 is 6.58. The van der Waals surface area contributed by atoms with Gasteiger partial charge in [0, 0.05) is 24.7 Å². The fourth-order valence-electron chi connectivity index (χ4n) is 6.65. The Kier molecular flexibility index (Phi) is 6.98. The standard InChI is InChI=1S/C25H32ClN4O8P/c1-25(2)37-20-17(12-35-18(11-31)39(32,33)34)36-24(21(20)38-25)30-7-6-15-19(16(8-27)22(26)28-23(15)30)29-9-13-4-3-5-14(13)10-29/h6-7,13-14,17-18,20-21,24,31H,3-5,9-12H2,1-2H3,(H2,32,33,34)/t13?,14?,17-,18?,20-,21-,24-/m1/s1. The number of hydrogen-bond donors (Lipinski definition) is 3. The summed E-state index contributed by atoms with van der Waals surface area (Å²) in [6.07, 6.45) is 2.80. The van der Waals surface area contributed by atoms with E-state index in [2.05, 4.69) is 16.0 Å². The average molecular weight is 583 g/mol. The van der Waals surface area contributed by atoms with E-state index in [0.29, 0.717) is 23.0 Å². The van der Waals surface area contributed by atoms with Crippen molar-refractivity contribution in [1.82, 2.24) is 9.55 Å². The summed E-state index contributed by atoms with van der Waals surface area (Å²) in [6.45, 7) is 4.22. The first kappa shape index (κ1) is 27.4. The van der Waals surface area contributed by atoms with Gasteiger partial charge in [-0.2, -0.15) is 5.26 Å². The number of nitriles is 1. The number of halogens is 1. The van der Waals surface area contributed by atoms with Gasteiger partial charge in [-0.25, -0.2) is 4.98 Å². The van der Waals surface area contributed by atoms with Crippen LogP contribution in [0.25, 0.3) is 11.0 Å². The van der Waals surface area contributed by atoms with Crippen molar-refractivity contribution in [3.63, 3.8) is 0 Å². The minimum absolute atomic E-state index is 0.114. The van der Waals surface area contributed by atoms with Crippen LogP contribution in [0.5, 0.6) is 0 Å². The minimum Gasteiger partial charge on any atom is -0.393 e. The number of fused-ring (bicyclic) bond motifs is 3. The van der Waals surface area contributed by atoms with Crippen molar-refractivity contribution in [2.45, 2.75) is 69.3 Å². The Morgan fingerprint density at radius 1 is 1.28 bits per heavy atom. The highest BCUT2D eigenvalue weighted by molar-refractivity contribution is 7.52. The van der Waals surface area contributed by atoms with E-state index in [9.17, 15) is 24.7 Å². The van der Waals surface area contributed by atoms with Crippen molar-refractivity contribution in [3.05, 3.63) is 23.0 Å². The number of pyridine rings is 1. The Bertz CT molecular complexity index is 1350. The molecule has 0 radical (unpaired) electrons. The second-order valence-corrected chi connectivity index (χ2v) is 13.4. The Morgan fingerprint density at radius 3 is 2.62 bits per heavy atom. The number of ether oxygens (including phenoxy) is 4. The van der Waals surface area contributed by atoms with Crippen molar-refractivity contribution in [2.75, 3.05) is 31.2 Å². The molecule has 39 heavy (non-hydrogen) atoms. The van der Waals surface area contributed by atoms with Crippen LogP contribution in [0.4, 0.5) is 5.69 Å². The Hall–Kier alpha value is -1.78. The molecule has 0 bridgehead atoms. The zero-order chi connectivity index (χ0) is 27.7. The second kappa shape index (κ2) is 9.94. The normalized spacial score (nSPS) is 32.5. The second-order valence-electron chi connectivity index (χ2n) is 11.2. The summed E-state index contributed by atoms with van der Waals surface area (Å²) in [5.74, 6) is -1.38. The molecule has 2 aromatic heterocycles. The van der Waals surface area contributed by atoms with E-state index in [1.807, 2.05) is 12.3 Å². The van der Waals surface area contributed by atoms with Gasteiger partial charge in [0.05, 0.1) is 18.9 Å². The SMILES string of the molecule is CC1(C)O[C@@H]2[C@H](O1)[C@@H](COC(CO)P(=O)(O)O)O[C@H]2n1ccc2c(N3CC4CCCC4C3)c(C#N)c(Cl)nc21. The number of aromatic nitrogens is 2. The molecular weight excluding hydrogens is 551 g/mol. The lowest BCUT2D eigenvalue weighted by Gasteiger charge is -2.26. The molecule has 3 N–H and O–H groups in total. The summed E-state index contributed by atoms with van der Waals surface area (Å²) in [5.41, 5.74) is 1.67. The topological polar surface area (TPSA) is 160 Å². The fraction of sp³-hybridized carbons (Fsp3) is 0.680. The molecule has 212 valence electrons. The maximum absolute atomic E-state index is 11.6. The lowest BCUT2D eigenvalue weighted by atomic mass is 10.0. The first-order valence-electron chi connectivity index (χ1n) is 13.1. The molecule has 1 aliphatic carbocycles. The number of anilines is 1. The summed E-state index contributed by atoms with van der Waals surface area (Å²) in [7, 11) is -4.68. The molecule has 2 aromatic rings. The molecule has 12 nitrogen and oxygen atoms in total. The molecule has 4 fully saturated rings. The van der Waals surface area contributed by atoms with Gasteiger partial charge in [-0.1, -0.05) is 18.0 Å². The van der Waals surface area contributed by atoms with Crippen LogP contribution in [0.2, 0.25) is 5.15 Å². The van der Waals surface area contributed by atoms with Gasteiger partial charge in [0.15, 0.2) is 23.0 Å². The zero-order valence-electron chi connectivity index (χ0n) is 21.6. The Morgan fingerprint density at radius 2 is 1.97 bits per heavy atom. The molecule has 5 heterocycles. The van der Waals surface area contributed by atoms with E-state index >= 15 is 0 Å². The van der Waals surface area contributed by atoms with Gasteiger partial charge in [-0.15, -0.1) is 0 Å². The van der Waals surface area contributed by atoms with E-state index in [1.165, 1.54) is 19.3 Å². The van der Waals surface area contributed by atoms with Crippen LogP contribution in [0, 0.1) is 23.2 Å². The summed E-state index contributed by atoms with van der Waals surface area (Å²) < 4.78 is 37.4. The third-order valence-corrected chi connectivity index (χ3v) is 9.66. The molecule has 0 amide bonds. The molecule has 3 saturated heterocycles. The molecule has 7 atom stereocenters. The first-order chi connectivity index (χ1) is 18.5. The number of aliphatic hydroxyl groups is 1. The van der Waals surface area contributed by atoms with E-state index in [0.717, 1.165) is 24.2 Å². The molecular formula is C25H32ClN4O8P. The smallest absolute Gasteiger partial charge is 0.356 e. The Labute approximate surface area is 230 Å². The van der Waals surface area contributed by atoms with Gasteiger partial charge in [0.1, 0.15) is 35.6 Å². The highest BCUT2D eigenvalue weighted by Crippen LogP contribution is 2.48. The van der Waals surface area contributed by atoms with Crippen LogP contribution >= 0.6 is 19.2 Å². The molecule has 0 aromatic carbocycles. The maximum atomic E-state index is 11.6. The predicted molar refractivity (Wildman–Crippen MR) is 139 cm³/mol. The highest BCUT2D eigenvalue weighted by Gasteiger charge is 2.56.